The van der Waals surface area contributed by atoms with E-state index in [0.29, 0.717) is 24.5 Å². The first-order chi connectivity index (χ1) is 18.4. The van der Waals surface area contributed by atoms with Crippen molar-refractivity contribution in [3.05, 3.63) is 36.8 Å². The Morgan fingerprint density at radius 1 is 1.03 bits per heavy atom. The smallest absolute Gasteiger partial charge is 0.146 e. The molecule has 3 aromatic rings. The van der Waals surface area contributed by atoms with Crippen LogP contribution in [0.2, 0.25) is 0 Å². The summed E-state index contributed by atoms with van der Waals surface area (Å²) in [4.78, 5) is 14.2. The van der Waals surface area contributed by atoms with Crippen molar-refractivity contribution in [1.82, 2.24) is 24.3 Å². The van der Waals surface area contributed by atoms with Gasteiger partial charge >= 0.3 is 0 Å². The number of anilines is 1. The van der Waals surface area contributed by atoms with Gasteiger partial charge in [0.1, 0.15) is 30.1 Å². The molecule has 2 aromatic heterocycles. The molecule has 1 aromatic carbocycles. The number of hydrogen-bond acceptors (Lipinski definition) is 7. The van der Waals surface area contributed by atoms with Crippen LogP contribution in [0.3, 0.4) is 0 Å². The van der Waals surface area contributed by atoms with Gasteiger partial charge in [-0.1, -0.05) is 12.1 Å². The van der Waals surface area contributed by atoms with E-state index in [0.717, 1.165) is 53.6 Å². The van der Waals surface area contributed by atoms with Gasteiger partial charge in [0.15, 0.2) is 0 Å². The van der Waals surface area contributed by atoms with E-state index >= 15 is 0 Å². The van der Waals surface area contributed by atoms with Gasteiger partial charge in [-0.2, -0.15) is 0 Å². The molecule has 6 rings (SSSR count). The lowest BCUT2D eigenvalue weighted by atomic mass is 9.89. The first kappa shape index (κ1) is 25.6. The summed E-state index contributed by atoms with van der Waals surface area (Å²) in [6.45, 7) is 9.59. The number of nitrogen functional groups attached to an aromatic ring is 1. The maximum atomic E-state index is 6.45. The highest BCUT2D eigenvalue weighted by Crippen LogP contribution is 2.39. The molecule has 1 atom stereocenters. The topological polar surface area (TPSA) is 81.7 Å². The van der Waals surface area contributed by atoms with Gasteiger partial charge in [0.2, 0.25) is 0 Å². The average Bonchev–Trinajstić information content (AvgIpc) is 3.49. The van der Waals surface area contributed by atoms with Crippen LogP contribution in [0.25, 0.3) is 22.2 Å². The van der Waals surface area contributed by atoms with Gasteiger partial charge in [-0.15, -0.1) is 0 Å². The number of hydrogen-bond donors (Lipinski definition) is 1. The van der Waals surface area contributed by atoms with Crippen molar-refractivity contribution in [3.63, 3.8) is 0 Å². The van der Waals surface area contributed by atoms with Crippen LogP contribution in [0, 0.1) is 0 Å². The maximum Gasteiger partial charge on any atom is 0.146 e. The highest BCUT2D eigenvalue weighted by molar-refractivity contribution is 6.00. The Bertz CT molecular complexity index is 1260. The number of benzene rings is 1. The minimum atomic E-state index is -0.0567. The van der Waals surface area contributed by atoms with E-state index in [2.05, 4.69) is 64.6 Å². The van der Waals surface area contributed by atoms with Gasteiger partial charge in [0.25, 0.3) is 0 Å². The lowest BCUT2D eigenvalue weighted by Crippen LogP contribution is -2.49. The standard InChI is InChI=1S/C30H42N6O2/c1-30(2)12-11-25(38-30)19-37-24-6-4-5-21(17-24)26-18-36(29-27(26)28(31)32-20-33-29)23-9-7-22(8-10-23)35-15-13-34(3)14-16-35/h4-6,17-18,20,22-23,25H,7-16,19H2,1-3H3,(H2,31,32,33)/t22-,23+,25?. The third kappa shape index (κ3) is 5.26. The molecule has 0 bridgehead atoms. The summed E-state index contributed by atoms with van der Waals surface area (Å²) in [5.74, 6) is 1.38. The summed E-state index contributed by atoms with van der Waals surface area (Å²) in [5.41, 5.74) is 9.47. The minimum Gasteiger partial charge on any atom is -0.491 e. The quantitative estimate of drug-likeness (QED) is 0.504. The molecule has 0 amide bonds. The molecule has 3 aliphatic rings. The Balaban J connectivity index is 1.21. The predicted molar refractivity (Wildman–Crippen MR) is 151 cm³/mol. The van der Waals surface area contributed by atoms with E-state index in [1.165, 1.54) is 39.0 Å². The molecule has 4 heterocycles. The summed E-state index contributed by atoms with van der Waals surface area (Å²) < 4.78 is 14.7. The molecule has 38 heavy (non-hydrogen) atoms. The molecule has 8 heteroatoms. The van der Waals surface area contributed by atoms with Crippen molar-refractivity contribution in [2.75, 3.05) is 45.6 Å². The van der Waals surface area contributed by atoms with Gasteiger partial charge in [-0.25, -0.2) is 9.97 Å². The number of nitrogens with two attached hydrogens (primary N) is 1. The second-order valence-corrected chi connectivity index (χ2v) is 12.1. The third-order valence-electron chi connectivity index (χ3n) is 8.89. The van der Waals surface area contributed by atoms with Crippen LogP contribution in [-0.4, -0.2) is 81.9 Å². The van der Waals surface area contributed by atoms with Crippen LogP contribution in [0.4, 0.5) is 5.82 Å². The van der Waals surface area contributed by atoms with E-state index in [1.54, 1.807) is 6.33 Å². The number of piperazine rings is 1. The van der Waals surface area contributed by atoms with Crippen molar-refractivity contribution in [1.29, 1.82) is 0 Å². The summed E-state index contributed by atoms with van der Waals surface area (Å²) in [6.07, 6.45) is 10.9. The maximum absolute atomic E-state index is 6.45. The van der Waals surface area contributed by atoms with Gasteiger partial charge in [0, 0.05) is 50.0 Å². The molecule has 1 saturated carbocycles. The zero-order valence-corrected chi connectivity index (χ0v) is 23.1. The van der Waals surface area contributed by atoms with Gasteiger partial charge < -0.3 is 24.7 Å². The van der Waals surface area contributed by atoms with Crippen molar-refractivity contribution >= 4 is 16.9 Å². The first-order valence-corrected chi connectivity index (χ1v) is 14.3. The Kier molecular flexibility index (Phi) is 7.05. The van der Waals surface area contributed by atoms with Crippen LogP contribution in [-0.2, 0) is 4.74 Å². The largest absolute Gasteiger partial charge is 0.491 e. The second-order valence-electron chi connectivity index (χ2n) is 12.1. The van der Waals surface area contributed by atoms with Crippen LogP contribution in [0.1, 0.15) is 58.4 Å². The van der Waals surface area contributed by atoms with Gasteiger partial charge in [-0.05, 0) is 77.1 Å². The Morgan fingerprint density at radius 2 is 1.79 bits per heavy atom. The zero-order chi connectivity index (χ0) is 26.3. The predicted octanol–water partition coefficient (Wildman–Crippen LogP) is 4.75. The van der Waals surface area contributed by atoms with Crippen LogP contribution in [0.15, 0.2) is 36.8 Å². The molecule has 1 aliphatic carbocycles. The van der Waals surface area contributed by atoms with E-state index < -0.39 is 0 Å². The van der Waals surface area contributed by atoms with Crippen molar-refractivity contribution in [3.8, 4) is 16.9 Å². The number of rotatable bonds is 6. The lowest BCUT2D eigenvalue weighted by Gasteiger charge is -2.41. The Hall–Kier alpha value is -2.68. The second kappa shape index (κ2) is 10.5. The zero-order valence-electron chi connectivity index (χ0n) is 23.1. The number of nitrogens with zero attached hydrogens (tertiary/aromatic N) is 5. The third-order valence-corrected chi connectivity index (χ3v) is 8.89. The monoisotopic (exact) mass is 518 g/mol. The fourth-order valence-electron chi connectivity index (χ4n) is 6.63. The molecule has 0 spiro atoms. The number of likely N-dealkylation sites (N-methyl/N-ethyl adjacent to an activating group) is 1. The molecular weight excluding hydrogens is 476 g/mol. The molecule has 2 N–H and O–H groups in total. The van der Waals surface area contributed by atoms with Gasteiger partial charge in [0.05, 0.1) is 17.1 Å². The summed E-state index contributed by atoms with van der Waals surface area (Å²) >= 11 is 0. The Labute approximate surface area is 226 Å². The first-order valence-electron chi connectivity index (χ1n) is 14.3. The number of ether oxygens (including phenoxy) is 2. The Morgan fingerprint density at radius 3 is 2.53 bits per heavy atom. The summed E-state index contributed by atoms with van der Waals surface area (Å²) in [5, 5.41) is 0.937. The normalized spacial score (nSPS) is 26.7. The highest BCUT2D eigenvalue weighted by Gasteiger charge is 2.32. The van der Waals surface area contributed by atoms with E-state index in [9.17, 15) is 0 Å². The molecule has 2 aliphatic heterocycles. The van der Waals surface area contributed by atoms with Crippen LogP contribution in [0.5, 0.6) is 5.75 Å². The molecule has 2 saturated heterocycles. The molecule has 204 valence electrons. The highest BCUT2D eigenvalue weighted by atomic mass is 16.6. The van der Waals surface area contributed by atoms with Crippen molar-refractivity contribution in [2.45, 2.75) is 76.2 Å². The molecule has 8 nitrogen and oxygen atoms in total. The van der Waals surface area contributed by atoms with E-state index in [4.69, 9.17) is 20.2 Å². The fraction of sp³-hybridized carbons (Fsp3) is 0.600. The van der Waals surface area contributed by atoms with E-state index in [-0.39, 0.29) is 11.7 Å². The summed E-state index contributed by atoms with van der Waals surface area (Å²) in [6, 6.07) is 9.42. The van der Waals surface area contributed by atoms with E-state index in [1.807, 2.05) is 6.07 Å². The number of aromatic nitrogens is 3. The minimum absolute atomic E-state index is 0.0567. The number of fused-ring (bicyclic) bond motifs is 1. The fourth-order valence-corrected chi connectivity index (χ4v) is 6.63. The summed E-state index contributed by atoms with van der Waals surface area (Å²) in [7, 11) is 2.23. The SMILES string of the molecule is CN1CCN([C@H]2CC[C@@H](n3cc(-c4cccc(OCC5CCC(C)(C)O5)c4)c4c(N)ncnc43)CC2)CC1. The van der Waals surface area contributed by atoms with Crippen molar-refractivity contribution < 1.29 is 9.47 Å². The molecule has 0 radical (unpaired) electrons. The van der Waals surface area contributed by atoms with Gasteiger partial charge in [-0.3, -0.25) is 4.90 Å². The van der Waals surface area contributed by atoms with Crippen LogP contribution >= 0.6 is 0 Å². The molecule has 3 fully saturated rings. The molecule has 1 unspecified atom stereocenters. The van der Waals surface area contributed by atoms with Crippen LogP contribution < -0.4 is 10.5 Å². The lowest BCUT2D eigenvalue weighted by molar-refractivity contribution is -0.0326. The van der Waals surface area contributed by atoms with Crippen molar-refractivity contribution in [2.24, 2.45) is 0 Å². The molecular formula is C30H42N6O2. The average molecular weight is 519 g/mol.